The molecule has 1 heterocycles. The van der Waals surface area contributed by atoms with Crippen LogP contribution in [0.2, 0.25) is 0 Å². The number of nitrogen functional groups attached to an aromatic ring is 1. The van der Waals surface area contributed by atoms with Crippen LogP contribution in [0.1, 0.15) is 11.1 Å². The lowest BCUT2D eigenvalue weighted by Crippen LogP contribution is -2.20. The third-order valence-electron chi connectivity index (χ3n) is 2.66. The van der Waals surface area contributed by atoms with Crippen LogP contribution < -0.4 is 16.4 Å². The van der Waals surface area contributed by atoms with Gasteiger partial charge in [-0.1, -0.05) is 18.2 Å². The van der Waals surface area contributed by atoms with Crippen molar-refractivity contribution in [2.75, 3.05) is 16.4 Å². The Labute approximate surface area is 116 Å². The van der Waals surface area contributed by atoms with E-state index in [2.05, 4.69) is 36.6 Å². The maximum absolute atomic E-state index is 5.80. The van der Waals surface area contributed by atoms with Gasteiger partial charge in [0.2, 0.25) is 0 Å². The Morgan fingerprint density at radius 1 is 1.17 bits per heavy atom. The summed E-state index contributed by atoms with van der Waals surface area (Å²) in [5, 5.41) is 10.7. The van der Waals surface area contributed by atoms with Crippen LogP contribution in [-0.2, 0) is 0 Å². The van der Waals surface area contributed by atoms with Gasteiger partial charge in [0.05, 0.1) is 11.4 Å². The molecule has 5 heteroatoms. The summed E-state index contributed by atoms with van der Waals surface area (Å²) < 4.78 is 0. The van der Waals surface area contributed by atoms with Crippen LogP contribution >= 0.6 is 23.6 Å². The van der Waals surface area contributed by atoms with Crippen molar-refractivity contribution >= 4 is 45.7 Å². The molecule has 0 bridgehead atoms. The van der Waals surface area contributed by atoms with Crippen LogP contribution in [0.15, 0.2) is 29.0 Å². The minimum atomic E-state index is 0.553. The largest absolute Gasteiger partial charge is 0.396 e. The molecule has 2 rings (SSSR count). The van der Waals surface area contributed by atoms with Gasteiger partial charge in [-0.2, -0.15) is 0 Å². The number of hydrogen-bond donors (Lipinski definition) is 3. The SMILES string of the molecule is Cc1cccc(C)c1NC(=S)Nc1cscc1N. The van der Waals surface area contributed by atoms with Gasteiger partial charge >= 0.3 is 0 Å². The van der Waals surface area contributed by atoms with Crippen molar-refractivity contribution in [3.63, 3.8) is 0 Å². The molecule has 0 spiro atoms. The molecule has 0 aliphatic carbocycles. The van der Waals surface area contributed by atoms with Crippen LogP contribution in [0.3, 0.4) is 0 Å². The van der Waals surface area contributed by atoms with Crippen molar-refractivity contribution in [2.45, 2.75) is 13.8 Å². The topological polar surface area (TPSA) is 50.1 Å². The predicted octanol–water partition coefficient (Wildman–Crippen LogP) is 3.76. The Morgan fingerprint density at radius 2 is 1.83 bits per heavy atom. The minimum absolute atomic E-state index is 0.553. The number of thiophene rings is 1. The summed E-state index contributed by atoms with van der Waals surface area (Å²) in [4.78, 5) is 0. The first kappa shape index (κ1) is 12.9. The highest BCUT2D eigenvalue weighted by Gasteiger charge is 2.06. The van der Waals surface area contributed by atoms with E-state index in [0.29, 0.717) is 10.8 Å². The van der Waals surface area contributed by atoms with Crippen molar-refractivity contribution in [3.8, 4) is 0 Å². The van der Waals surface area contributed by atoms with Gasteiger partial charge in [-0.15, -0.1) is 11.3 Å². The number of nitrogens with one attached hydrogen (secondary N) is 2. The molecule has 94 valence electrons. The van der Waals surface area contributed by atoms with E-state index >= 15 is 0 Å². The molecule has 0 atom stereocenters. The second kappa shape index (κ2) is 5.37. The number of benzene rings is 1. The first-order valence-electron chi connectivity index (χ1n) is 5.54. The number of aryl methyl sites for hydroxylation is 2. The molecular formula is C13H15N3S2. The maximum Gasteiger partial charge on any atom is 0.175 e. The lowest BCUT2D eigenvalue weighted by atomic mass is 10.1. The van der Waals surface area contributed by atoms with Gasteiger partial charge in [0.15, 0.2) is 5.11 Å². The molecule has 0 saturated heterocycles. The molecule has 0 saturated carbocycles. The van der Waals surface area contributed by atoms with E-state index in [-0.39, 0.29) is 0 Å². The van der Waals surface area contributed by atoms with Crippen molar-refractivity contribution in [1.82, 2.24) is 0 Å². The van der Waals surface area contributed by atoms with E-state index in [4.69, 9.17) is 18.0 Å². The van der Waals surface area contributed by atoms with Crippen molar-refractivity contribution < 1.29 is 0 Å². The monoisotopic (exact) mass is 277 g/mol. The third kappa shape index (κ3) is 2.80. The van der Waals surface area contributed by atoms with Gasteiger partial charge in [-0.3, -0.25) is 0 Å². The second-order valence-electron chi connectivity index (χ2n) is 4.09. The maximum atomic E-state index is 5.80. The third-order valence-corrected chi connectivity index (χ3v) is 3.63. The van der Waals surface area contributed by atoms with Gasteiger partial charge in [0.1, 0.15) is 0 Å². The van der Waals surface area contributed by atoms with Gasteiger partial charge in [0, 0.05) is 16.4 Å². The zero-order chi connectivity index (χ0) is 13.1. The highest BCUT2D eigenvalue weighted by atomic mass is 32.1. The molecular weight excluding hydrogens is 262 g/mol. The summed E-state index contributed by atoms with van der Waals surface area (Å²) >= 11 is 6.84. The summed E-state index contributed by atoms with van der Waals surface area (Å²) in [7, 11) is 0. The van der Waals surface area contributed by atoms with Crippen LogP contribution in [0.25, 0.3) is 0 Å². The molecule has 3 nitrogen and oxygen atoms in total. The molecule has 2 aromatic rings. The summed E-state index contributed by atoms with van der Waals surface area (Å²) in [6, 6.07) is 6.14. The Hall–Kier alpha value is -1.59. The number of thiocarbonyl (C=S) groups is 1. The average molecular weight is 277 g/mol. The highest BCUT2D eigenvalue weighted by Crippen LogP contribution is 2.24. The Morgan fingerprint density at radius 3 is 2.39 bits per heavy atom. The van der Waals surface area contributed by atoms with Crippen LogP contribution in [-0.4, -0.2) is 5.11 Å². The molecule has 0 amide bonds. The average Bonchev–Trinajstić information content (AvgIpc) is 2.70. The predicted molar refractivity (Wildman–Crippen MR) is 84.5 cm³/mol. The quantitative estimate of drug-likeness (QED) is 0.732. The van der Waals surface area contributed by atoms with Crippen molar-refractivity contribution in [1.29, 1.82) is 0 Å². The Kier molecular flexibility index (Phi) is 3.84. The van der Waals surface area contributed by atoms with E-state index in [9.17, 15) is 0 Å². The minimum Gasteiger partial charge on any atom is -0.396 e. The summed E-state index contributed by atoms with van der Waals surface area (Å²) in [6.45, 7) is 4.10. The second-order valence-corrected chi connectivity index (χ2v) is 5.24. The fourth-order valence-corrected chi connectivity index (χ4v) is 2.57. The standard InChI is InChI=1S/C13H15N3S2/c1-8-4-3-5-9(2)12(8)16-13(17)15-11-7-18-6-10(11)14/h3-7H,14H2,1-2H3,(H2,15,16,17). The highest BCUT2D eigenvalue weighted by molar-refractivity contribution is 7.80. The van der Waals surface area contributed by atoms with Crippen molar-refractivity contribution in [2.24, 2.45) is 0 Å². The van der Waals surface area contributed by atoms with Crippen molar-refractivity contribution in [3.05, 3.63) is 40.1 Å². The number of rotatable bonds is 2. The lowest BCUT2D eigenvalue weighted by Gasteiger charge is -2.14. The molecule has 4 N–H and O–H groups in total. The smallest absolute Gasteiger partial charge is 0.175 e. The number of nitrogens with two attached hydrogens (primary N) is 1. The Bertz CT molecular complexity index is 555. The Balaban J connectivity index is 2.10. The van der Waals surface area contributed by atoms with E-state index in [1.807, 2.05) is 16.8 Å². The van der Waals surface area contributed by atoms with Crippen LogP contribution in [0, 0.1) is 13.8 Å². The number of para-hydroxylation sites is 1. The zero-order valence-electron chi connectivity index (χ0n) is 10.3. The van der Waals surface area contributed by atoms with E-state index < -0.39 is 0 Å². The fraction of sp³-hybridized carbons (Fsp3) is 0.154. The molecule has 0 aliphatic heterocycles. The van der Waals surface area contributed by atoms with Crippen LogP contribution in [0.4, 0.5) is 17.1 Å². The lowest BCUT2D eigenvalue weighted by molar-refractivity contribution is 1.38. The molecule has 0 unspecified atom stereocenters. The molecule has 0 fully saturated rings. The van der Waals surface area contributed by atoms with Gasteiger partial charge < -0.3 is 16.4 Å². The summed E-state index contributed by atoms with van der Waals surface area (Å²) in [5.74, 6) is 0. The van der Waals surface area contributed by atoms with E-state index in [0.717, 1.165) is 22.5 Å². The number of hydrogen-bond acceptors (Lipinski definition) is 3. The molecule has 0 radical (unpaired) electrons. The number of anilines is 3. The normalized spacial score (nSPS) is 10.1. The summed E-state index contributed by atoms with van der Waals surface area (Å²) in [5.41, 5.74) is 10.7. The molecule has 18 heavy (non-hydrogen) atoms. The zero-order valence-corrected chi connectivity index (χ0v) is 11.9. The fourth-order valence-electron chi connectivity index (χ4n) is 1.69. The van der Waals surface area contributed by atoms with Gasteiger partial charge in [-0.05, 0) is 37.2 Å². The van der Waals surface area contributed by atoms with Gasteiger partial charge in [0.25, 0.3) is 0 Å². The molecule has 0 aliphatic rings. The van der Waals surface area contributed by atoms with E-state index in [1.165, 1.54) is 0 Å². The first-order chi connectivity index (χ1) is 8.58. The first-order valence-corrected chi connectivity index (χ1v) is 6.89. The molecule has 1 aromatic heterocycles. The van der Waals surface area contributed by atoms with Crippen LogP contribution in [0.5, 0.6) is 0 Å². The molecule has 1 aromatic carbocycles. The van der Waals surface area contributed by atoms with Gasteiger partial charge in [-0.25, -0.2) is 0 Å². The van der Waals surface area contributed by atoms with E-state index in [1.54, 1.807) is 11.3 Å². The summed E-state index contributed by atoms with van der Waals surface area (Å²) in [6.07, 6.45) is 0.